The summed E-state index contributed by atoms with van der Waals surface area (Å²) in [6.45, 7) is 11.6. The molecule has 5 rings (SSSR count). The van der Waals surface area contributed by atoms with E-state index in [0.29, 0.717) is 10.6 Å². The van der Waals surface area contributed by atoms with Crippen molar-refractivity contribution in [1.82, 2.24) is 20.0 Å². The van der Waals surface area contributed by atoms with E-state index in [-0.39, 0.29) is 11.3 Å². The van der Waals surface area contributed by atoms with Crippen LogP contribution in [-0.2, 0) is 10.2 Å². The van der Waals surface area contributed by atoms with Crippen molar-refractivity contribution < 1.29 is 9.53 Å². The maximum atomic E-state index is 12.9. The maximum Gasteiger partial charge on any atom is 0.265 e. The summed E-state index contributed by atoms with van der Waals surface area (Å²) < 4.78 is 7.20. The summed E-state index contributed by atoms with van der Waals surface area (Å²) in [4.78, 5) is 21.4. The molecule has 0 bridgehead atoms. The number of hydrogen-bond acceptors (Lipinski definition) is 7. The number of aryl methyl sites for hydroxylation is 1. The van der Waals surface area contributed by atoms with Gasteiger partial charge in [0.15, 0.2) is 0 Å². The molecular weight excluding hydrogens is 472 g/mol. The van der Waals surface area contributed by atoms with Crippen molar-refractivity contribution in [2.75, 3.05) is 36.5 Å². The molecule has 0 atom stereocenters. The van der Waals surface area contributed by atoms with E-state index >= 15 is 0 Å². The van der Waals surface area contributed by atoms with Crippen LogP contribution in [-0.4, -0.2) is 52.2 Å². The lowest BCUT2D eigenvalue weighted by molar-refractivity contribution is 0.103. The third-order valence-corrected chi connectivity index (χ3v) is 7.68. The highest BCUT2D eigenvalue weighted by molar-refractivity contribution is 7.14. The summed E-state index contributed by atoms with van der Waals surface area (Å²) in [5.74, 6) is -0.115. The Kier molecular flexibility index (Phi) is 6.59. The number of morpholine rings is 1. The summed E-state index contributed by atoms with van der Waals surface area (Å²) in [5.41, 5.74) is 5.29. The Bertz CT molecular complexity index is 1380. The van der Waals surface area contributed by atoms with Crippen molar-refractivity contribution in [3.8, 4) is 16.9 Å². The maximum absolute atomic E-state index is 12.9. The van der Waals surface area contributed by atoms with Crippen molar-refractivity contribution in [3.63, 3.8) is 0 Å². The Morgan fingerprint density at radius 1 is 1.08 bits per heavy atom. The van der Waals surface area contributed by atoms with Gasteiger partial charge < -0.3 is 15.0 Å². The Labute approximate surface area is 214 Å². The van der Waals surface area contributed by atoms with E-state index in [1.54, 1.807) is 10.9 Å². The fourth-order valence-corrected chi connectivity index (χ4v) is 5.02. The van der Waals surface area contributed by atoms with E-state index < -0.39 is 0 Å². The number of benzene rings is 1. The van der Waals surface area contributed by atoms with Gasteiger partial charge >= 0.3 is 0 Å². The van der Waals surface area contributed by atoms with Gasteiger partial charge in [0.25, 0.3) is 5.91 Å². The summed E-state index contributed by atoms with van der Waals surface area (Å²) in [7, 11) is 0. The van der Waals surface area contributed by atoms with Gasteiger partial charge in [0, 0.05) is 35.4 Å². The zero-order valence-corrected chi connectivity index (χ0v) is 21.8. The van der Waals surface area contributed by atoms with E-state index in [9.17, 15) is 4.79 Å². The van der Waals surface area contributed by atoms with Crippen molar-refractivity contribution in [2.45, 2.75) is 33.1 Å². The average molecular weight is 503 g/mol. The zero-order valence-electron chi connectivity index (χ0n) is 21.0. The van der Waals surface area contributed by atoms with Gasteiger partial charge in [-0.3, -0.25) is 9.78 Å². The largest absolute Gasteiger partial charge is 0.378 e. The molecule has 1 amide bonds. The number of aromatic nitrogens is 4. The van der Waals surface area contributed by atoms with E-state index in [0.717, 1.165) is 54.5 Å². The molecule has 0 unspecified atom stereocenters. The predicted octanol–water partition coefficient (Wildman–Crippen LogP) is 5.09. The smallest absolute Gasteiger partial charge is 0.265 e. The molecule has 0 saturated carbocycles. The lowest BCUT2D eigenvalue weighted by Crippen LogP contribution is -2.36. The molecule has 1 N–H and O–H groups in total. The first-order chi connectivity index (χ1) is 17.3. The number of ether oxygens (including phenoxy) is 1. The van der Waals surface area contributed by atoms with Crippen molar-refractivity contribution in [2.24, 2.45) is 0 Å². The molecule has 0 spiro atoms. The van der Waals surface area contributed by atoms with Crippen LogP contribution in [0.3, 0.4) is 0 Å². The standard InChI is InChI=1S/C27H30N6O2S/c1-18-5-6-20(29-26(34)24-7-8-25(36-24)27(2,3)4)14-23(18)33-17-22(30-31-33)19-13-21(16-28-15-19)32-9-11-35-12-10-32/h5-8,13-17H,9-12H2,1-4H3,(H,29,34). The molecule has 4 aromatic rings. The van der Waals surface area contributed by atoms with Crippen LogP contribution in [0.25, 0.3) is 16.9 Å². The molecule has 4 heterocycles. The number of hydrogen-bond donors (Lipinski definition) is 1. The van der Waals surface area contributed by atoms with Gasteiger partial charge in [-0.25, -0.2) is 4.68 Å². The number of pyridine rings is 1. The van der Waals surface area contributed by atoms with Crippen molar-refractivity contribution in [3.05, 3.63) is 70.3 Å². The highest BCUT2D eigenvalue weighted by atomic mass is 32.1. The summed E-state index contributed by atoms with van der Waals surface area (Å²) in [6, 6.07) is 11.8. The van der Waals surface area contributed by atoms with E-state index in [2.05, 4.69) is 52.4 Å². The quantitative estimate of drug-likeness (QED) is 0.409. The van der Waals surface area contributed by atoms with Crippen LogP contribution in [0.1, 0.15) is 40.9 Å². The number of carbonyl (C=O) groups excluding carboxylic acids is 1. The first-order valence-electron chi connectivity index (χ1n) is 12.0. The first-order valence-corrected chi connectivity index (χ1v) is 12.8. The fraction of sp³-hybridized carbons (Fsp3) is 0.333. The minimum Gasteiger partial charge on any atom is -0.378 e. The van der Waals surface area contributed by atoms with Crippen molar-refractivity contribution in [1.29, 1.82) is 0 Å². The van der Waals surface area contributed by atoms with Crippen LogP contribution in [0.4, 0.5) is 11.4 Å². The normalized spacial score (nSPS) is 14.2. The van der Waals surface area contributed by atoms with E-state index in [1.807, 2.05) is 49.6 Å². The Balaban J connectivity index is 1.36. The van der Waals surface area contributed by atoms with Crippen LogP contribution >= 0.6 is 11.3 Å². The lowest BCUT2D eigenvalue weighted by atomic mass is 9.95. The molecular formula is C27H30N6O2S. The zero-order chi connectivity index (χ0) is 25.3. The fourth-order valence-electron chi connectivity index (χ4n) is 4.07. The first kappa shape index (κ1) is 24.1. The number of nitrogens with one attached hydrogen (secondary N) is 1. The van der Waals surface area contributed by atoms with Gasteiger partial charge in [0.1, 0.15) is 5.69 Å². The lowest BCUT2D eigenvalue weighted by Gasteiger charge is -2.28. The highest BCUT2D eigenvalue weighted by Crippen LogP contribution is 2.30. The molecule has 9 heteroatoms. The monoisotopic (exact) mass is 502 g/mol. The number of nitrogens with zero attached hydrogens (tertiary/aromatic N) is 5. The van der Waals surface area contributed by atoms with Crippen LogP contribution in [0.2, 0.25) is 0 Å². The second-order valence-electron chi connectivity index (χ2n) is 9.95. The summed E-state index contributed by atoms with van der Waals surface area (Å²) >= 11 is 1.53. The van der Waals surface area contributed by atoms with Gasteiger partial charge in [0.2, 0.25) is 0 Å². The van der Waals surface area contributed by atoms with Crippen LogP contribution in [0.5, 0.6) is 0 Å². The average Bonchev–Trinajstić information content (AvgIpc) is 3.57. The Morgan fingerprint density at radius 2 is 1.89 bits per heavy atom. The van der Waals surface area contributed by atoms with Gasteiger partial charge in [-0.1, -0.05) is 32.1 Å². The third-order valence-electron chi connectivity index (χ3n) is 6.17. The van der Waals surface area contributed by atoms with E-state index in [4.69, 9.17) is 4.74 Å². The number of anilines is 2. The molecule has 186 valence electrons. The van der Waals surface area contributed by atoms with Crippen LogP contribution in [0, 0.1) is 6.92 Å². The van der Waals surface area contributed by atoms with Gasteiger partial charge in [-0.15, -0.1) is 16.4 Å². The second-order valence-corrected chi connectivity index (χ2v) is 11.0. The molecule has 1 aromatic carbocycles. The number of amides is 1. The van der Waals surface area contributed by atoms with Crippen molar-refractivity contribution >= 4 is 28.6 Å². The third kappa shape index (κ3) is 5.17. The highest BCUT2D eigenvalue weighted by Gasteiger charge is 2.19. The number of carbonyl (C=O) groups is 1. The summed E-state index contributed by atoms with van der Waals surface area (Å²) in [5, 5.41) is 11.8. The molecule has 0 aliphatic carbocycles. The van der Waals surface area contributed by atoms with Gasteiger partial charge in [0.05, 0.1) is 41.9 Å². The topological polar surface area (TPSA) is 85.2 Å². The van der Waals surface area contributed by atoms with Crippen LogP contribution < -0.4 is 10.2 Å². The number of thiophene rings is 1. The molecule has 1 aliphatic rings. The molecule has 1 saturated heterocycles. The minimum absolute atomic E-state index is 0.0161. The molecule has 36 heavy (non-hydrogen) atoms. The SMILES string of the molecule is Cc1ccc(NC(=O)c2ccc(C(C)(C)C)s2)cc1-n1cc(-c2cncc(N3CCOCC3)c2)nn1. The summed E-state index contributed by atoms with van der Waals surface area (Å²) in [6.07, 6.45) is 5.56. The minimum atomic E-state index is -0.115. The molecule has 1 aliphatic heterocycles. The molecule has 8 nitrogen and oxygen atoms in total. The predicted molar refractivity (Wildman–Crippen MR) is 143 cm³/mol. The van der Waals surface area contributed by atoms with Gasteiger partial charge in [-0.05, 0) is 48.2 Å². The molecule has 1 fully saturated rings. The van der Waals surface area contributed by atoms with Gasteiger partial charge in [-0.2, -0.15) is 0 Å². The number of rotatable bonds is 5. The van der Waals surface area contributed by atoms with E-state index in [1.165, 1.54) is 16.2 Å². The Hall–Kier alpha value is -3.56. The van der Waals surface area contributed by atoms with Crippen LogP contribution in [0.15, 0.2) is 55.0 Å². The second kappa shape index (κ2) is 9.83. The molecule has 0 radical (unpaired) electrons. The Morgan fingerprint density at radius 3 is 2.64 bits per heavy atom. The molecule has 3 aromatic heterocycles.